The van der Waals surface area contributed by atoms with Gasteiger partial charge < -0.3 is 14.8 Å². The van der Waals surface area contributed by atoms with Crippen molar-refractivity contribution >= 4 is 28.1 Å². The van der Waals surface area contributed by atoms with E-state index >= 15 is 0 Å². The van der Waals surface area contributed by atoms with Gasteiger partial charge in [-0.1, -0.05) is 0 Å². The number of rotatable bonds is 9. The summed E-state index contributed by atoms with van der Waals surface area (Å²) >= 11 is 0. The maximum Gasteiger partial charge on any atom is 0.259 e. The van der Waals surface area contributed by atoms with Crippen LogP contribution in [0, 0.1) is 0 Å². The molecule has 0 saturated carbocycles. The Labute approximate surface area is 180 Å². The molecule has 0 heterocycles. The summed E-state index contributed by atoms with van der Waals surface area (Å²) in [6.45, 7) is -0.306. The van der Waals surface area contributed by atoms with Gasteiger partial charge in [0.15, 0.2) is 11.5 Å². The lowest BCUT2D eigenvalue weighted by Gasteiger charge is -2.11. The zero-order valence-corrected chi connectivity index (χ0v) is 18.4. The van der Waals surface area contributed by atoms with Crippen molar-refractivity contribution in [1.29, 1.82) is 0 Å². The Balaban J connectivity index is 1.88. The van der Waals surface area contributed by atoms with Gasteiger partial charge in [0, 0.05) is 19.7 Å². The molecule has 0 saturated heterocycles. The average Bonchev–Trinajstić information content (AvgIpc) is 2.77. The molecule has 10 nitrogen and oxygen atoms in total. The molecular formula is C20H24N4O6S. The molecule has 31 heavy (non-hydrogen) atoms. The van der Waals surface area contributed by atoms with Crippen LogP contribution in [0.4, 0.5) is 0 Å². The van der Waals surface area contributed by atoms with Gasteiger partial charge in [-0.25, -0.2) is 18.1 Å². The van der Waals surface area contributed by atoms with Crippen molar-refractivity contribution in [3.63, 3.8) is 0 Å². The molecule has 11 heteroatoms. The molecule has 0 aliphatic heterocycles. The highest BCUT2D eigenvalue weighted by Crippen LogP contribution is 2.26. The lowest BCUT2D eigenvalue weighted by atomic mass is 10.2. The van der Waals surface area contributed by atoms with Crippen LogP contribution in [-0.2, 0) is 14.8 Å². The Morgan fingerprint density at radius 3 is 2.26 bits per heavy atom. The predicted octanol–water partition coefficient (Wildman–Crippen LogP) is 0.834. The zero-order chi connectivity index (χ0) is 23.0. The van der Waals surface area contributed by atoms with E-state index in [4.69, 9.17) is 9.47 Å². The topological polar surface area (TPSA) is 126 Å². The number of methoxy groups -OCH3 is 2. The number of benzene rings is 2. The van der Waals surface area contributed by atoms with E-state index in [-0.39, 0.29) is 17.0 Å². The third kappa shape index (κ3) is 6.27. The lowest BCUT2D eigenvalue weighted by molar-refractivity contribution is -0.120. The molecule has 2 aromatic rings. The van der Waals surface area contributed by atoms with Crippen molar-refractivity contribution in [2.24, 2.45) is 5.10 Å². The standard InChI is InChI=1S/C20H24N4O6S/c1-24(2)31(27,28)16-8-6-15(7-9-16)20(26)21-13-19(25)23-22-12-14-5-10-17(29-3)18(11-14)30-4/h5-12H,13H2,1-4H3,(H,21,26)(H,23,25)/b22-12+. The first-order valence-corrected chi connectivity index (χ1v) is 10.5. The second kappa shape index (κ2) is 10.5. The number of amides is 2. The number of hydrazone groups is 1. The Hall–Kier alpha value is -3.44. The second-order valence-electron chi connectivity index (χ2n) is 6.40. The maximum atomic E-state index is 12.2. The third-order valence-corrected chi connectivity index (χ3v) is 5.94. The second-order valence-corrected chi connectivity index (χ2v) is 8.55. The van der Waals surface area contributed by atoms with Crippen molar-refractivity contribution < 1.29 is 27.5 Å². The smallest absolute Gasteiger partial charge is 0.259 e. The minimum Gasteiger partial charge on any atom is -0.493 e. The number of sulfonamides is 1. The molecule has 0 aromatic heterocycles. The molecule has 2 amide bonds. The number of nitrogens with one attached hydrogen (secondary N) is 2. The van der Waals surface area contributed by atoms with E-state index < -0.39 is 21.8 Å². The molecular weight excluding hydrogens is 424 g/mol. The van der Waals surface area contributed by atoms with Crippen molar-refractivity contribution in [3.8, 4) is 11.5 Å². The minimum absolute atomic E-state index is 0.0660. The minimum atomic E-state index is -3.58. The Morgan fingerprint density at radius 1 is 1.03 bits per heavy atom. The van der Waals surface area contributed by atoms with Crippen molar-refractivity contribution in [3.05, 3.63) is 53.6 Å². The fourth-order valence-corrected chi connectivity index (χ4v) is 3.30. The summed E-state index contributed by atoms with van der Waals surface area (Å²) in [7, 11) is 2.30. The molecule has 0 aliphatic rings. The summed E-state index contributed by atoms with van der Waals surface area (Å²) in [5, 5.41) is 6.28. The van der Waals surface area contributed by atoms with E-state index in [0.29, 0.717) is 17.1 Å². The number of hydrogen-bond acceptors (Lipinski definition) is 7. The van der Waals surface area contributed by atoms with Crippen LogP contribution in [0.5, 0.6) is 11.5 Å². The van der Waals surface area contributed by atoms with E-state index in [1.165, 1.54) is 58.8 Å². The lowest BCUT2D eigenvalue weighted by Crippen LogP contribution is -2.34. The Bertz CT molecular complexity index is 1070. The molecule has 0 bridgehead atoms. The zero-order valence-electron chi connectivity index (χ0n) is 17.6. The van der Waals surface area contributed by atoms with Crippen molar-refractivity contribution in [2.75, 3.05) is 34.9 Å². The molecule has 0 aliphatic carbocycles. The van der Waals surface area contributed by atoms with Crippen LogP contribution in [-0.4, -0.2) is 65.6 Å². The monoisotopic (exact) mass is 448 g/mol. The summed E-state index contributed by atoms with van der Waals surface area (Å²) in [4.78, 5) is 24.1. The van der Waals surface area contributed by atoms with E-state index in [2.05, 4.69) is 15.8 Å². The third-order valence-electron chi connectivity index (χ3n) is 4.12. The highest BCUT2D eigenvalue weighted by atomic mass is 32.2. The SMILES string of the molecule is COc1ccc(/C=N/NC(=O)CNC(=O)c2ccc(S(=O)(=O)N(C)C)cc2)cc1OC. The van der Waals surface area contributed by atoms with Gasteiger partial charge in [-0.05, 0) is 48.0 Å². The highest BCUT2D eigenvalue weighted by molar-refractivity contribution is 7.89. The first kappa shape index (κ1) is 23.8. The number of ether oxygens (including phenoxy) is 2. The van der Waals surface area contributed by atoms with Gasteiger partial charge in [0.25, 0.3) is 11.8 Å². The summed E-state index contributed by atoms with van der Waals surface area (Å²) in [5.41, 5.74) is 3.20. The highest BCUT2D eigenvalue weighted by Gasteiger charge is 2.17. The molecule has 0 atom stereocenters. The summed E-state index contributed by atoms with van der Waals surface area (Å²) in [6.07, 6.45) is 1.42. The number of carbonyl (C=O) groups is 2. The van der Waals surface area contributed by atoms with Crippen LogP contribution in [0.25, 0.3) is 0 Å². The molecule has 2 aromatic carbocycles. The van der Waals surface area contributed by atoms with Gasteiger partial charge in [0.05, 0.1) is 31.9 Å². The quantitative estimate of drug-likeness (QED) is 0.432. The Morgan fingerprint density at radius 2 is 1.68 bits per heavy atom. The molecule has 0 spiro atoms. The summed E-state index contributed by atoms with van der Waals surface area (Å²) in [6, 6.07) is 10.5. The van der Waals surface area contributed by atoms with Crippen LogP contribution < -0.4 is 20.2 Å². The van der Waals surface area contributed by atoms with Crippen LogP contribution in [0.15, 0.2) is 52.5 Å². The van der Waals surface area contributed by atoms with E-state index in [0.717, 1.165) is 4.31 Å². The number of hydrogen-bond donors (Lipinski definition) is 2. The Kier molecular flexibility index (Phi) is 8.11. The van der Waals surface area contributed by atoms with Crippen LogP contribution in [0.2, 0.25) is 0 Å². The normalized spacial score (nSPS) is 11.4. The van der Waals surface area contributed by atoms with E-state index in [1.54, 1.807) is 18.2 Å². The number of nitrogens with zero attached hydrogens (tertiary/aromatic N) is 2. The van der Waals surface area contributed by atoms with Crippen molar-refractivity contribution in [2.45, 2.75) is 4.90 Å². The molecule has 2 N–H and O–H groups in total. The molecule has 0 unspecified atom stereocenters. The van der Waals surface area contributed by atoms with Gasteiger partial charge in [0.1, 0.15) is 0 Å². The van der Waals surface area contributed by atoms with E-state index in [1.807, 2.05) is 0 Å². The van der Waals surface area contributed by atoms with Gasteiger partial charge in [-0.3, -0.25) is 9.59 Å². The van der Waals surface area contributed by atoms with E-state index in [9.17, 15) is 18.0 Å². The summed E-state index contributed by atoms with van der Waals surface area (Å²) in [5.74, 6) is 0.0397. The van der Waals surface area contributed by atoms with Crippen LogP contribution in [0.3, 0.4) is 0 Å². The molecule has 2 rings (SSSR count). The van der Waals surface area contributed by atoms with Crippen molar-refractivity contribution in [1.82, 2.24) is 15.0 Å². The van der Waals surface area contributed by atoms with Gasteiger partial charge >= 0.3 is 0 Å². The largest absolute Gasteiger partial charge is 0.493 e. The average molecular weight is 449 g/mol. The fourth-order valence-electron chi connectivity index (χ4n) is 2.40. The molecule has 0 radical (unpaired) electrons. The number of carbonyl (C=O) groups excluding carboxylic acids is 2. The van der Waals surface area contributed by atoms with Crippen LogP contribution in [0.1, 0.15) is 15.9 Å². The molecule has 166 valence electrons. The first-order valence-electron chi connectivity index (χ1n) is 9.03. The van der Waals surface area contributed by atoms with Gasteiger partial charge in [-0.2, -0.15) is 5.10 Å². The fraction of sp³-hybridized carbons (Fsp3) is 0.250. The molecule has 0 fully saturated rings. The van der Waals surface area contributed by atoms with Gasteiger partial charge in [0.2, 0.25) is 10.0 Å². The van der Waals surface area contributed by atoms with Crippen LogP contribution >= 0.6 is 0 Å². The predicted molar refractivity (Wildman–Crippen MR) is 115 cm³/mol. The summed E-state index contributed by atoms with van der Waals surface area (Å²) < 4.78 is 35.5. The maximum absolute atomic E-state index is 12.2. The van der Waals surface area contributed by atoms with Gasteiger partial charge in [-0.15, -0.1) is 0 Å². The first-order chi connectivity index (χ1) is 14.7.